The van der Waals surface area contributed by atoms with E-state index >= 15 is 0 Å². The molecular formula is C14H25NO3. The van der Waals surface area contributed by atoms with Crippen LogP contribution in [0.4, 0.5) is 0 Å². The molecule has 2 atom stereocenters. The highest BCUT2D eigenvalue weighted by Crippen LogP contribution is 2.27. The van der Waals surface area contributed by atoms with Crippen LogP contribution in [0, 0.1) is 11.8 Å². The van der Waals surface area contributed by atoms with Crippen LogP contribution in [-0.4, -0.2) is 34.5 Å². The molecule has 1 saturated heterocycles. The molecule has 0 saturated carbocycles. The molecule has 1 amide bonds. The van der Waals surface area contributed by atoms with E-state index in [0.29, 0.717) is 18.9 Å². The van der Waals surface area contributed by atoms with Gasteiger partial charge in [-0.15, -0.1) is 0 Å². The van der Waals surface area contributed by atoms with Crippen molar-refractivity contribution in [3.8, 4) is 0 Å². The monoisotopic (exact) mass is 255 g/mol. The number of amides is 1. The van der Waals surface area contributed by atoms with Crippen molar-refractivity contribution in [1.82, 2.24) is 4.90 Å². The average molecular weight is 255 g/mol. The van der Waals surface area contributed by atoms with Gasteiger partial charge in [0.05, 0.1) is 0 Å². The number of carbonyl (C=O) groups excluding carboxylic acids is 1. The molecular weight excluding hydrogens is 230 g/mol. The smallest absolute Gasteiger partial charge is 0.326 e. The van der Waals surface area contributed by atoms with E-state index in [1.807, 2.05) is 6.92 Å². The first kappa shape index (κ1) is 15.0. The molecule has 1 fully saturated rings. The highest BCUT2D eigenvalue weighted by molar-refractivity contribution is 5.85. The number of carboxylic acid groups (broad SMARTS) is 1. The molecule has 1 rings (SSSR count). The van der Waals surface area contributed by atoms with Crippen molar-refractivity contribution in [2.24, 2.45) is 11.8 Å². The van der Waals surface area contributed by atoms with Gasteiger partial charge in [0.25, 0.3) is 0 Å². The van der Waals surface area contributed by atoms with Crippen molar-refractivity contribution in [3.05, 3.63) is 0 Å². The third-order valence-electron chi connectivity index (χ3n) is 3.70. The van der Waals surface area contributed by atoms with Gasteiger partial charge in [-0.05, 0) is 25.2 Å². The van der Waals surface area contributed by atoms with Crippen molar-refractivity contribution >= 4 is 11.9 Å². The van der Waals surface area contributed by atoms with E-state index in [1.165, 1.54) is 0 Å². The molecule has 0 spiro atoms. The number of likely N-dealkylation sites (tertiary alicyclic amines) is 1. The van der Waals surface area contributed by atoms with E-state index in [0.717, 1.165) is 25.7 Å². The first-order valence-electron chi connectivity index (χ1n) is 7.04. The number of hydrogen-bond acceptors (Lipinski definition) is 2. The second-order valence-corrected chi connectivity index (χ2v) is 5.46. The topological polar surface area (TPSA) is 57.6 Å². The molecule has 4 heteroatoms. The zero-order valence-electron chi connectivity index (χ0n) is 11.7. The lowest BCUT2D eigenvalue weighted by Crippen LogP contribution is -2.43. The predicted molar refractivity (Wildman–Crippen MR) is 70.2 cm³/mol. The van der Waals surface area contributed by atoms with E-state index in [4.69, 9.17) is 0 Å². The SMILES string of the molecule is CCCC(CCC)C(=O)N1CC(C)C[C@H]1C(=O)O. The summed E-state index contributed by atoms with van der Waals surface area (Å²) in [4.78, 5) is 25.3. The molecule has 1 heterocycles. The van der Waals surface area contributed by atoms with Crippen molar-refractivity contribution < 1.29 is 14.7 Å². The number of carboxylic acids is 1. The minimum Gasteiger partial charge on any atom is -0.480 e. The summed E-state index contributed by atoms with van der Waals surface area (Å²) in [7, 11) is 0. The van der Waals surface area contributed by atoms with E-state index in [1.54, 1.807) is 4.90 Å². The van der Waals surface area contributed by atoms with Crippen molar-refractivity contribution in [2.75, 3.05) is 6.54 Å². The molecule has 0 radical (unpaired) electrons. The van der Waals surface area contributed by atoms with Crippen LogP contribution in [0.25, 0.3) is 0 Å². The molecule has 4 nitrogen and oxygen atoms in total. The maximum Gasteiger partial charge on any atom is 0.326 e. The van der Waals surface area contributed by atoms with E-state index < -0.39 is 12.0 Å². The summed E-state index contributed by atoms with van der Waals surface area (Å²) < 4.78 is 0. The van der Waals surface area contributed by atoms with Crippen LogP contribution >= 0.6 is 0 Å². The van der Waals surface area contributed by atoms with Crippen LogP contribution in [0.1, 0.15) is 52.9 Å². The summed E-state index contributed by atoms with van der Waals surface area (Å²) >= 11 is 0. The molecule has 1 N–H and O–H groups in total. The molecule has 0 aliphatic carbocycles. The Hall–Kier alpha value is -1.06. The van der Waals surface area contributed by atoms with Gasteiger partial charge in [-0.2, -0.15) is 0 Å². The Morgan fingerprint density at radius 2 is 1.83 bits per heavy atom. The van der Waals surface area contributed by atoms with Crippen molar-refractivity contribution in [3.63, 3.8) is 0 Å². The molecule has 0 aromatic carbocycles. The zero-order chi connectivity index (χ0) is 13.7. The lowest BCUT2D eigenvalue weighted by atomic mass is 9.96. The van der Waals surface area contributed by atoms with Gasteiger partial charge in [0.1, 0.15) is 6.04 Å². The molecule has 104 valence electrons. The summed E-state index contributed by atoms with van der Waals surface area (Å²) in [6.45, 7) is 6.74. The highest BCUT2D eigenvalue weighted by atomic mass is 16.4. The lowest BCUT2D eigenvalue weighted by molar-refractivity contribution is -0.150. The fraction of sp³-hybridized carbons (Fsp3) is 0.857. The average Bonchev–Trinajstić information content (AvgIpc) is 2.70. The quantitative estimate of drug-likeness (QED) is 0.793. The Bertz CT molecular complexity index is 297. The summed E-state index contributed by atoms with van der Waals surface area (Å²) in [5.41, 5.74) is 0. The number of rotatable bonds is 6. The second kappa shape index (κ2) is 6.76. The van der Waals surface area contributed by atoms with Crippen LogP contribution in [0.2, 0.25) is 0 Å². The van der Waals surface area contributed by atoms with Crippen LogP contribution in [-0.2, 0) is 9.59 Å². The molecule has 0 aromatic rings. The Kier molecular flexibility index (Phi) is 5.63. The number of hydrogen-bond donors (Lipinski definition) is 1. The van der Waals surface area contributed by atoms with E-state index in [-0.39, 0.29) is 11.8 Å². The van der Waals surface area contributed by atoms with E-state index in [2.05, 4.69) is 13.8 Å². The predicted octanol–water partition coefficient (Wildman–Crippen LogP) is 2.52. The fourth-order valence-electron chi connectivity index (χ4n) is 2.85. The molecule has 0 aromatic heterocycles. The first-order chi connectivity index (χ1) is 8.51. The highest BCUT2D eigenvalue weighted by Gasteiger charge is 2.39. The lowest BCUT2D eigenvalue weighted by Gasteiger charge is -2.26. The molecule has 1 unspecified atom stereocenters. The van der Waals surface area contributed by atoms with Gasteiger partial charge in [0.15, 0.2) is 0 Å². The summed E-state index contributed by atoms with van der Waals surface area (Å²) in [6.07, 6.45) is 4.26. The summed E-state index contributed by atoms with van der Waals surface area (Å²) in [5.74, 6) is -0.513. The maximum absolute atomic E-state index is 12.4. The maximum atomic E-state index is 12.4. The fourth-order valence-corrected chi connectivity index (χ4v) is 2.85. The molecule has 0 bridgehead atoms. The van der Waals surface area contributed by atoms with Crippen LogP contribution < -0.4 is 0 Å². The minimum absolute atomic E-state index is 0.00662. The van der Waals surface area contributed by atoms with Gasteiger partial charge in [-0.1, -0.05) is 33.6 Å². The van der Waals surface area contributed by atoms with Gasteiger partial charge in [0.2, 0.25) is 5.91 Å². The Morgan fingerprint density at radius 1 is 1.28 bits per heavy atom. The van der Waals surface area contributed by atoms with Crippen molar-refractivity contribution in [1.29, 1.82) is 0 Å². The van der Waals surface area contributed by atoms with Crippen LogP contribution in [0.15, 0.2) is 0 Å². The summed E-state index contributed by atoms with van der Waals surface area (Å²) in [5, 5.41) is 9.20. The third kappa shape index (κ3) is 3.47. The molecule has 1 aliphatic rings. The third-order valence-corrected chi connectivity index (χ3v) is 3.70. The summed E-state index contributed by atoms with van der Waals surface area (Å²) in [6, 6.07) is -0.608. The Morgan fingerprint density at radius 3 is 2.28 bits per heavy atom. The van der Waals surface area contributed by atoms with Gasteiger partial charge in [-0.3, -0.25) is 4.79 Å². The number of carbonyl (C=O) groups is 2. The van der Waals surface area contributed by atoms with Crippen molar-refractivity contribution in [2.45, 2.75) is 58.9 Å². The Labute approximate surface area is 109 Å². The zero-order valence-corrected chi connectivity index (χ0v) is 11.7. The van der Waals surface area contributed by atoms with Gasteiger partial charge in [0, 0.05) is 12.5 Å². The first-order valence-corrected chi connectivity index (χ1v) is 7.04. The van der Waals surface area contributed by atoms with Crippen LogP contribution in [0.5, 0.6) is 0 Å². The number of aliphatic carboxylic acids is 1. The largest absolute Gasteiger partial charge is 0.480 e. The van der Waals surface area contributed by atoms with Crippen LogP contribution in [0.3, 0.4) is 0 Å². The minimum atomic E-state index is -0.862. The van der Waals surface area contributed by atoms with Gasteiger partial charge < -0.3 is 10.0 Å². The standard InChI is InChI=1S/C14H25NO3/c1-4-6-11(7-5-2)13(16)15-9-10(3)8-12(15)14(17)18/h10-12H,4-9H2,1-3H3,(H,17,18)/t10?,12-/m0/s1. The number of nitrogens with zero attached hydrogens (tertiary/aromatic N) is 1. The second-order valence-electron chi connectivity index (χ2n) is 5.46. The molecule has 18 heavy (non-hydrogen) atoms. The van der Waals surface area contributed by atoms with Gasteiger partial charge >= 0.3 is 5.97 Å². The van der Waals surface area contributed by atoms with E-state index in [9.17, 15) is 14.7 Å². The molecule has 1 aliphatic heterocycles. The van der Waals surface area contributed by atoms with Gasteiger partial charge in [-0.25, -0.2) is 4.79 Å². The normalized spacial score (nSPS) is 23.7. The Balaban J connectivity index is 2.76.